The van der Waals surface area contributed by atoms with Gasteiger partial charge in [0.15, 0.2) is 11.6 Å². The SMILES string of the molecule is N/C(=C\S)c1ccc(OC(F)(F)F)c(F)c1F. The summed E-state index contributed by atoms with van der Waals surface area (Å²) in [6.07, 6.45) is -5.10. The molecule has 1 aromatic carbocycles. The highest BCUT2D eigenvalue weighted by Crippen LogP contribution is 2.29. The fourth-order valence-corrected chi connectivity index (χ4v) is 1.17. The van der Waals surface area contributed by atoms with E-state index in [9.17, 15) is 22.0 Å². The molecule has 0 aromatic heterocycles. The Kier molecular flexibility index (Phi) is 3.87. The van der Waals surface area contributed by atoms with Gasteiger partial charge in [-0.3, -0.25) is 0 Å². The Balaban J connectivity index is 3.20. The molecule has 0 heterocycles. The highest BCUT2D eigenvalue weighted by Gasteiger charge is 2.33. The Bertz CT molecular complexity index is 457. The van der Waals surface area contributed by atoms with Gasteiger partial charge in [-0.05, 0) is 17.5 Å². The second-order valence-corrected chi connectivity index (χ2v) is 3.13. The minimum absolute atomic E-state index is 0.219. The molecule has 2 nitrogen and oxygen atoms in total. The lowest BCUT2D eigenvalue weighted by atomic mass is 10.1. The lowest BCUT2D eigenvalue weighted by Crippen LogP contribution is -2.18. The average molecular weight is 271 g/mol. The molecule has 0 amide bonds. The van der Waals surface area contributed by atoms with E-state index in [1.807, 2.05) is 0 Å². The van der Waals surface area contributed by atoms with Crippen LogP contribution in [0.15, 0.2) is 17.5 Å². The molecule has 0 aliphatic rings. The summed E-state index contributed by atoms with van der Waals surface area (Å²) in [4.78, 5) is 0. The first-order valence-electron chi connectivity index (χ1n) is 4.10. The first kappa shape index (κ1) is 13.6. The largest absolute Gasteiger partial charge is 0.573 e. The third kappa shape index (κ3) is 3.26. The minimum atomic E-state index is -5.10. The van der Waals surface area contributed by atoms with Gasteiger partial charge < -0.3 is 10.5 Å². The van der Waals surface area contributed by atoms with Crippen LogP contribution in [0.1, 0.15) is 5.56 Å². The predicted octanol–water partition coefficient (Wildman–Crippen LogP) is 3.05. The summed E-state index contributed by atoms with van der Waals surface area (Å²) >= 11 is 3.62. The fraction of sp³-hybridized carbons (Fsp3) is 0.111. The zero-order chi connectivity index (χ0) is 13.2. The van der Waals surface area contributed by atoms with Crippen LogP contribution in [-0.2, 0) is 0 Å². The van der Waals surface area contributed by atoms with Gasteiger partial charge in [-0.2, -0.15) is 4.39 Å². The number of halogens is 5. The molecule has 0 saturated carbocycles. The Morgan fingerprint density at radius 3 is 2.29 bits per heavy atom. The molecular formula is C9H6F5NOS. The fourth-order valence-electron chi connectivity index (χ4n) is 1.03. The van der Waals surface area contributed by atoms with E-state index in [0.717, 1.165) is 11.5 Å². The summed E-state index contributed by atoms with van der Waals surface area (Å²) in [5, 5.41) is 0.988. The molecule has 0 atom stereocenters. The molecule has 2 N–H and O–H groups in total. The van der Waals surface area contributed by atoms with Crippen LogP contribution in [0.4, 0.5) is 22.0 Å². The van der Waals surface area contributed by atoms with E-state index < -0.39 is 29.3 Å². The van der Waals surface area contributed by atoms with Crippen molar-refractivity contribution in [1.29, 1.82) is 0 Å². The topological polar surface area (TPSA) is 35.2 Å². The van der Waals surface area contributed by atoms with Gasteiger partial charge >= 0.3 is 6.36 Å². The monoisotopic (exact) mass is 271 g/mol. The number of nitrogens with two attached hydrogens (primary N) is 1. The van der Waals surface area contributed by atoms with Crippen molar-refractivity contribution >= 4 is 18.3 Å². The van der Waals surface area contributed by atoms with Crippen LogP contribution in [0.2, 0.25) is 0 Å². The van der Waals surface area contributed by atoms with Crippen LogP contribution in [-0.4, -0.2) is 6.36 Å². The number of hydrogen-bond acceptors (Lipinski definition) is 3. The van der Waals surface area contributed by atoms with Crippen molar-refractivity contribution in [1.82, 2.24) is 0 Å². The zero-order valence-electron chi connectivity index (χ0n) is 8.05. The number of hydrogen-bond donors (Lipinski definition) is 2. The molecule has 0 saturated heterocycles. The number of thiol groups is 1. The van der Waals surface area contributed by atoms with E-state index in [1.54, 1.807) is 0 Å². The van der Waals surface area contributed by atoms with E-state index >= 15 is 0 Å². The van der Waals surface area contributed by atoms with Crippen LogP contribution in [0, 0.1) is 11.6 Å². The molecular weight excluding hydrogens is 265 g/mol. The van der Waals surface area contributed by atoms with E-state index in [0.29, 0.717) is 6.07 Å². The van der Waals surface area contributed by atoms with E-state index in [4.69, 9.17) is 5.73 Å². The molecule has 8 heteroatoms. The molecule has 0 unspecified atom stereocenters. The Labute approximate surface area is 98.3 Å². The summed E-state index contributed by atoms with van der Waals surface area (Å²) in [6.45, 7) is 0. The summed E-state index contributed by atoms with van der Waals surface area (Å²) < 4.78 is 65.2. The standard InChI is InChI=1S/C9H6F5NOS/c10-7-4(5(15)3-17)1-2-6(8(7)11)16-9(12,13)14/h1-3,17H,15H2/b5-3-. The number of rotatable bonds is 2. The van der Waals surface area contributed by atoms with Crippen LogP contribution in [0.5, 0.6) is 5.75 Å². The van der Waals surface area contributed by atoms with Crippen LogP contribution < -0.4 is 10.5 Å². The lowest BCUT2D eigenvalue weighted by Gasteiger charge is -2.11. The van der Waals surface area contributed by atoms with Crippen molar-refractivity contribution in [3.63, 3.8) is 0 Å². The van der Waals surface area contributed by atoms with Crippen molar-refractivity contribution in [2.45, 2.75) is 6.36 Å². The van der Waals surface area contributed by atoms with Gasteiger partial charge in [0.25, 0.3) is 0 Å². The maximum atomic E-state index is 13.3. The van der Waals surface area contributed by atoms with Crippen molar-refractivity contribution in [2.24, 2.45) is 5.73 Å². The van der Waals surface area contributed by atoms with Gasteiger partial charge in [0.05, 0.1) is 0 Å². The summed E-state index contributed by atoms with van der Waals surface area (Å²) in [6, 6.07) is 1.49. The van der Waals surface area contributed by atoms with Crippen LogP contribution in [0.3, 0.4) is 0 Å². The minimum Gasteiger partial charge on any atom is -0.403 e. The highest BCUT2D eigenvalue weighted by atomic mass is 32.1. The molecule has 17 heavy (non-hydrogen) atoms. The van der Waals surface area contributed by atoms with Gasteiger partial charge in [-0.1, -0.05) is 0 Å². The number of alkyl halides is 3. The molecule has 0 fully saturated rings. The third-order valence-corrected chi connectivity index (χ3v) is 2.00. The van der Waals surface area contributed by atoms with E-state index in [-0.39, 0.29) is 5.70 Å². The molecule has 0 aliphatic heterocycles. The Morgan fingerprint density at radius 2 is 1.82 bits per heavy atom. The predicted molar refractivity (Wildman–Crippen MR) is 54.2 cm³/mol. The quantitative estimate of drug-likeness (QED) is 0.640. The van der Waals surface area contributed by atoms with Crippen molar-refractivity contribution in [2.75, 3.05) is 0 Å². The molecule has 1 aromatic rings. The second-order valence-electron chi connectivity index (χ2n) is 2.87. The van der Waals surface area contributed by atoms with Gasteiger partial charge in [0.1, 0.15) is 0 Å². The zero-order valence-corrected chi connectivity index (χ0v) is 8.95. The second kappa shape index (κ2) is 4.82. The normalized spacial score (nSPS) is 12.7. The van der Waals surface area contributed by atoms with Crippen molar-refractivity contribution in [3.8, 4) is 5.75 Å². The molecule has 1 rings (SSSR count). The van der Waals surface area contributed by atoms with Crippen molar-refractivity contribution < 1.29 is 26.7 Å². The summed E-state index contributed by atoms with van der Waals surface area (Å²) in [5.41, 5.74) is 4.64. The van der Waals surface area contributed by atoms with E-state index in [2.05, 4.69) is 17.4 Å². The molecule has 0 spiro atoms. The van der Waals surface area contributed by atoms with Gasteiger partial charge in [-0.15, -0.1) is 25.8 Å². The van der Waals surface area contributed by atoms with E-state index in [1.165, 1.54) is 0 Å². The Morgan fingerprint density at radius 1 is 1.24 bits per heavy atom. The number of benzene rings is 1. The number of ether oxygens (including phenoxy) is 1. The average Bonchev–Trinajstić information content (AvgIpc) is 2.22. The maximum Gasteiger partial charge on any atom is 0.573 e. The van der Waals surface area contributed by atoms with Gasteiger partial charge in [-0.25, -0.2) is 4.39 Å². The highest BCUT2D eigenvalue weighted by molar-refractivity contribution is 7.83. The van der Waals surface area contributed by atoms with Crippen LogP contribution >= 0.6 is 12.6 Å². The van der Waals surface area contributed by atoms with Gasteiger partial charge in [0, 0.05) is 11.3 Å². The third-order valence-electron chi connectivity index (χ3n) is 1.72. The molecule has 0 bridgehead atoms. The first-order valence-corrected chi connectivity index (χ1v) is 4.62. The maximum absolute atomic E-state index is 13.3. The smallest absolute Gasteiger partial charge is 0.403 e. The summed E-state index contributed by atoms with van der Waals surface area (Å²) in [5.74, 6) is -4.56. The van der Waals surface area contributed by atoms with Gasteiger partial charge in [0.2, 0.25) is 5.82 Å². The summed E-state index contributed by atoms with van der Waals surface area (Å²) in [7, 11) is 0. The molecule has 0 aliphatic carbocycles. The first-order chi connectivity index (χ1) is 7.76. The molecule has 94 valence electrons. The Hall–Kier alpha value is -1.44. The molecule has 0 radical (unpaired) electrons. The lowest BCUT2D eigenvalue weighted by molar-refractivity contribution is -0.275. The van der Waals surface area contributed by atoms with Crippen LogP contribution in [0.25, 0.3) is 5.70 Å². The van der Waals surface area contributed by atoms with Crippen molar-refractivity contribution in [3.05, 3.63) is 34.7 Å².